The highest BCUT2D eigenvalue weighted by Gasteiger charge is 2.40. The van der Waals surface area contributed by atoms with Crippen LogP contribution in [0.3, 0.4) is 0 Å². The Bertz CT molecular complexity index is 390. The van der Waals surface area contributed by atoms with E-state index in [2.05, 4.69) is 17.0 Å². The van der Waals surface area contributed by atoms with Crippen molar-refractivity contribution in [3.63, 3.8) is 0 Å². The molecular weight excluding hydrogens is 215 g/mol. The molecule has 1 aromatic carbocycles. The van der Waals surface area contributed by atoms with Crippen LogP contribution in [0.4, 0.5) is 0 Å². The van der Waals surface area contributed by atoms with Crippen LogP contribution in [-0.4, -0.2) is 72.0 Å². The normalized spacial score (nSPS) is 23.8. The van der Waals surface area contributed by atoms with Crippen LogP contribution in [0.5, 0.6) is 0 Å². The van der Waals surface area contributed by atoms with Crippen molar-refractivity contribution in [2.45, 2.75) is 17.2 Å². The number of rotatable bonds is 2. The molecule has 6 heteroatoms. The topological polar surface area (TPSA) is 6.48 Å². The summed E-state index contributed by atoms with van der Waals surface area (Å²) < 4.78 is 0. The zero-order valence-corrected chi connectivity index (χ0v) is 10.7. The minimum absolute atomic E-state index is 0.522. The molecule has 2 rings (SSSR count). The highest BCUT2D eigenvalue weighted by atomic mass is 15.3. The van der Waals surface area contributed by atoms with Gasteiger partial charge >= 0.3 is 0 Å². The zero-order chi connectivity index (χ0) is 13.4. The molecule has 0 aromatic heterocycles. The van der Waals surface area contributed by atoms with Gasteiger partial charge in [0.15, 0.2) is 0 Å². The summed E-state index contributed by atoms with van der Waals surface area (Å²) in [7, 11) is 25.9. The second kappa shape index (κ2) is 4.82. The smallest absolute Gasteiger partial charge is 0.0841 e. The molecule has 1 aliphatic rings. The van der Waals surface area contributed by atoms with Gasteiger partial charge in [-0.2, -0.15) is 0 Å². The fourth-order valence-corrected chi connectivity index (χ4v) is 2.33. The Balaban J connectivity index is 2.12. The van der Waals surface area contributed by atoms with Crippen LogP contribution in [-0.2, 0) is 6.54 Å². The summed E-state index contributed by atoms with van der Waals surface area (Å²) in [4.78, 5) is 3.71. The van der Waals surface area contributed by atoms with Crippen LogP contribution in [0, 0.1) is 0 Å². The van der Waals surface area contributed by atoms with Gasteiger partial charge in [-0.15, -0.1) is 0 Å². The van der Waals surface area contributed by atoms with Crippen molar-refractivity contribution in [1.82, 2.24) is 9.80 Å². The molecule has 1 aromatic rings. The Morgan fingerprint density at radius 3 is 2.00 bits per heavy atom. The van der Waals surface area contributed by atoms with Gasteiger partial charge in [-0.05, 0) is 23.3 Å². The van der Waals surface area contributed by atoms with Gasteiger partial charge in [-0.25, -0.2) is 0 Å². The predicted molar refractivity (Wildman–Crippen MR) is 78.0 cm³/mol. The monoisotopic (exact) mass is 230 g/mol. The Morgan fingerprint density at radius 2 is 1.50 bits per heavy atom. The number of piperazine rings is 1. The van der Waals surface area contributed by atoms with E-state index in [1.54, 1.807) is 11.9 Å². The number of hydrogen-bond donors (Lipinski definition) is 0. The van der Waals surface area contributed by atoms with E-state index < -0.39 is 10.7 Å². The molecule has 0 atom stereocenters. The highest BCUT2D eigenvalue weighted by molar-refractivity contribution is 6.44. The van der Waals surface area contributed by atoms with Gasteiger partial charge in [-0.3, -0.25) is 4.90 Å². The van der Waals surface area contributed by atoms with E-state index in [0.29, 0.717) is 13.1 Å². The number of hydrogen-bond acceptors (Lipinski definition) is 2. The lowest BCUT2D eigenvalue weighted by molar-refractivity contribution is 0.0697. The summed E-state index contributed by atoms with van der Waals surface area (Å²) in [6.07, 6.45) is 0. The van der Waals surface area contributed by atoms with Gasteiger partial charge < -0.3 is 4.90 Å². The van der Waals surface area contributed by atoms with E-state index in [1.807, 2.05) is 18.2 Å². The van der Waals surface area contributed by atoms with Crippen molar-refractivity contribution in [1.29, 1.82) is 0 Å². The number of likely N-dealkylation sites (N-methyl/N-ethyl adjacent to an activating group) is 1. The lowest BCUT2D eigenvalue weighted by Gasteiger charge is -2.57. The van der Waals surface area contributed by atoms with Crippen molar-refractivity contribution in [3.05, 3.63) is 35.9 Å². The average Bonchev–Trinajstić information content (AvgIpc) is 2.26. The molecule has 18 heavy (non-hydrogen) atoms. The summed E-state index contributed by atoms with van der Waals surface area (Å²) in [6, 6.07) is 10.1. The van der Waals surface area contributed by atoms with Crippen molar-refractivity contribution < 1.29 is 0 Å². The van der Waals surface area contributed by atoms with Gasteiger partial charge in [-0.1, -0.05) is 30.3 Å². The molecule has 0 spiro atoms. The van der Waals surface area contributed by atoms with E-state index in [1.165, 1.54) is 5.56 Å². The largest absolute Gasteiger partial charge is 0.326 e. The molecule has 1 saturated heterocycles. The van der Waals surface area contributed by atoms with Gasteiger partial charge in [0.05, 0.1) is 31.4 Å². The van der Waals surface area contributed by atoms with E-state index in [9.17, 15) is 0 Å². The standard InChI is InChI=1S/C12H14B4N2/c1-17-11(13,14)8-18(9-12(17,15)16)7-10-5-3-2-4-6-10/h2-6H,7-9H2,1H3. The molecular formula is C12H14B4N2. The average molecular weight is 230 g/mol. The van der Waals surface area contributed by atoms with E-state index >= 15 is 0 Å². The molecule has 1 aliphatic heterocycles. The van der Waals surface area contributed by atoms with Crippen molar-refractivity contribution in [2.75, 3.05) is 20.1 Å². The molecule has 0 N–H and O–H groups in total. The van der Waals surface area contributed by atoms with Gasteiger partial charge in [0, 0.05) is 19.6 Å². The zero-order valence-electron chi connectivity index (χ0n) is 10.7. The first kappa shape index (κ1) is 13.8. The van der Waals surface area contributed by atoms with Crippen molar-refractivity contribution in [3.8, 4) is 0 Å². The number of nitrogens with zero attached hydrogens (tertiary/aromatic N) is 2. The quantitative estimate of drug-likeness (QED) is 0.626. The lowest BCUT2D eigenvalue weighted by Crippen LogP contribution is -2.72. The summed E-state index contributed by atoms with van der Waals surface area (Å²) in [5.41, 5.74) is 1.19. The maximum atomic E-state index is 6.04. The Hall–Kier alpha value is -0.600. The fourth-order valence-electron chi connectivity index (χ4n) is 2.33. The molecule has 1 fully saturated rings. The second-order valence-electron chi connectivity index (χ2n) is 5.17. The highest BCUT2D eigenvalue weighted by Crippen LogP contribution is 2.24. The van der Waals surface area contributed by atoms with E-state index in [0.717, 1.165) is 6.54 Å². The molecule has 0 amide bonds. The Labute approximate surface area is 115 Å². The van der Waals surface area contributed by atoms with Gasteiger partial charge in [0.25, 0.3) is 0 Å². The third-order valence-electron chi connectivity index (χ3n) is 3.45. The molecule has 8 radical (unpaired) electrons. The van der Waals surface area contributed by atoms with Crippen molar-refractivity contribution >= 4 is 31.4 Å². The third-order valence-corrected chi connectivity index (χ3v) is 3.45. The third kappa shape index (κ3) is 2.86. The minimum atomic E-state index is -1.02. The first-order valence-corrected chi connectivity index (χ1v) is 5.97. The maximum absolute atomic E-state index is 6.04. The van der Waals surface area contributed by atoms with E-state index in [-0.39, 0.29) is 0 Å². The molecule has 0 bridgehead atoms. The molecule has 2 nitrogen and oxygen atoms in total. The van der Waals surface area contributed by atoms with Crippen LogP contribution >= 0.6 is 0 Å². The minimum Gasteiger partial charge on any atom is -0.326 e. The first-order chi connectivity index (χ1) is 8.31. The summed E-state index contributed by atoms with van der Waals surface area (Å²) in [5, 5.41) is -2.03. The van der Waals surface area contributed by atoms with Crippen molar-refractivity contribution in [2.24, 2.45) is 0 Å². The molecule has 0 saturated carbocycles. The van der Waals surface area contributed by atoms with Crippen LogP contribution in [0.25, 0.3) is 0 Å². The molecule has 0 unspecified atom stereocenters. The predicted octanol–water partition coefficient (Wildman–Crippen LogP) is -0.584. The summed E-state index contributed by atoms with van der Waals surface area (Å²) in [6.45, 7) is 1.78. The van der Waals surface area contributed by atoms with Crippen LogP contribution in [0.15, 0.2) is 30.3 Å². The Kier molecular flexibility index (Phi) is 3.70. The fraction of sp³-hybridized carbons (Fsp3) is 0.500. The summed E-state index contributed by atoms with van der Waals surface area (Å²) in [5.74, 6) is 0. The molecule has 1 heterocycles. The van der Waals surface area contributed by atoms with Gasteiger partial charge in [0.2, 0.25) is 0 Å². The molecule has 84 valence electrons. The number of benzene rings is 1. The van der Waals surface area contributed by atoms with Crippen LogP contribution < -0.4 is 0 Å². The summed E-state index contributed by atoms with van der Waals surface area (Å²) >= 11 is 0. The van der Waals surface area contributed by atoms with Gasteiger partial charge in [0.1, 0.15) is 0 Å². The SMILES string of the molecule is [B]C1([B])CN(Cc2ccccc2)CC([B])([B])N1C. The second-order valence-corrected chi connectivity index (χ2v) is 5.17. The Morgan fingerprint density at radius 1 is 1.00 bits per heavy atom. The van der Waals surface area contributed by atoms with Crippen LogP contribution in [0.1, 0.15) is 5.56 Å². The maximum Gasteiger partial charge on any atom is 0.0841 e. The lowest BCUT2D eigenvalue weighted by atomic mass is 9.50. The molecule has 0 aliphatic carbocycles. The van der Waals surface area contributed by atoms with Crippen LogP contribution in [0.2, 0.25) is 0 Å². The first-order valence-electron chi connectivity index (χ1n) is 5.97. The van der Waals surface area contributed by atoms with E-state index in [4.69, 9.17) is 31.4 Å².